The van der Waals surface area contributed by atoms with E-state index in [0.29, 0.717) is 6.42 Å². The summed E-state index contributed by atoms with van der Waals surface area (Å²) in [5.41, 5.74) is 0.778. The Balaban J connectivity index is 2.83. The Morgan fingerprint density at radius 1 is 1.20 bits per heavy atom. The number of benzene rings is 1. The zero-order valence-corrected chi connectivity index (χ0v) is 12.7. The molecule has 1 aromatic rings. The van der Waals surface area contributed by atoms with E-state index >= 15 is 0 Å². The van der Waals surface area contributed by atoms with E-state index in [0.717, 1.165) is 11.1 Å². The summed E-state index contributed by atoms with van der Waals surface area (Å²) in [7, 11) is 1.27. The van der Waals surface area contributed by atoms with E-state index in [4.69, 9.17) is 9.47 Å². The van der Waals surface area contributed by atoms with Crippen molar-refractivity contribution in [2.75, 3.05) is 7.11 Å². The van der Waals surface area contributed by atoms with Crippen LogP contribution in [0.1, 0.15) is 44.4 Å². The number of carbonyl (C=O) groups is 2. The molecular weight excluding hydrogens is 256 g/mol. The average Bonchev–Trinajstić information content (AvgIpc) is 2.45. The van der Waals surface area contributed by atoms with E-state index in [1.165, 1.54) is 7.11 Å². The lowest BCUT2D eigenvalue weighted by molar-refractivity contribution is -0.173. The summed E-state index contributed by atoms with van der Waals surface area (Å²) in [4.78, 5) is 24.0. The van der Waals surface area contributed by atoms with Gasteiger partial charge >= 0.3 is 11.9 Å². The van der Waals surface area contributed by atoms with E-state index < -0.39 is 23.5 Å². The Hall–Kier alpha value is -1.84. The molecule has 4 nitrogen and oxygen atoms in total. The predicted molar refractivity (Wildman–Crippen MR) is 76.1 cm³/mol. The topological polar surface area (TPSA) is 52.6 Å². The van der Waals surface area contributed by atoms with E-state index in [9.17, 15) is 9.59 Å². The molecule has 0 amide bonds. The lowest BCUT2D eigenvalue weighted by Crippen LogP contribution is -2.38. The quantitative estimate of drug-likeness (QED) is 0.613. The average molecular weight is 278 g/mol. The van der Waals surface area contributed by atoms with Gasteiger partial charge in [-0.2, -0.15) is 0 Å². The van der Waals surface area contributed by atoms with Gasteiger partial charge in [-0.15, -0.1) is 0 Å². The molecule has 0 saturated heterocycles. The molecule has 0 aliphatic heterocycles. The van der Waals surface area contributed by atoms with Crippen molar-refractivity contribution in [2.24, 2.45) is 5.41 Å². The summed E-state index contributed by atoms with van der Waals surface area (Å²) >= 11 is 0. The highest BCUT2D eigenvalue weighted by Crippen LogP contribution is 2.28. The molecule has 110 valence electrons. The molecule has 0 spiro atoms. The Bertz CT molecular complexity index is 478. The number of esters is 2. The third-order valence-corrected chi connectivity index (χ3v) is 3.62. The SMILES string of the molecule is CCC(C)(C(=O)OC)C(=O)OC(C)c1ccc(C)cc1. The van der Waals surface area contributed by atoms with Crippen LogP contribution in [-0.2, 0) is 19.1 Å². The molecule has 0 radical (unpaired) electrons. The molecule has 0 saturated carbocycles. The van der Waals surface area contributed by atoms with Gasteiger partial charge in [0.25, 0.3) is 0 Å². The van der Waals surface area contributed by atoms with Crippen LogP contribution in [0.3, 0.4) is 0 Å². The maximum atomic E-state index is 12.2. The summed E-state index contributed by atoms with van der Waals surface area (Å²) in [5.74, 6) is -1.12. The van der Waals surface area contributed by atoms with Crippen molar-refractivity contribution >= 4 is 11.9 Å². The van der Waals surface area contributed by atoms with Gasteiger partial charge < -0.3 is 9.47 Å². The first-order chi connectivity index (χ1) is 9.35. The van der Waals surface area contributed by atoms with Crippen molar-refractivity contribution in [1.29, 1.82) is 0 Å². The van der Waals surface area contributed by atoms with Gasteiger partial charge in [0.05, 0.1) is 7.11 Å². The number of rotatable bonds is 5. The van der Waals surface area contributed by atoms with E-state index in [1.54, 1.807) is 20.8 Å². The summed E-state index contributed by atoms with van der Waals surface area (Å²) in [6.07, 6.45) is -0.0716. The van der Waals surface area contributed by atoms with Crippen LogP contribution in [0.25, 0.3) is 0 Å². The van der Waals surface area contributed by atoms with Crippen LogP contribution in [-0.4, -0.2) is 19.0 Å². The first-order valence-electron chi connectivity index (χ1n) is 6.71. The number of aryl methyl sites for hydroxylation is 1. The van der Waals surface area contributed by atoms with Crippen LogP contribution < -0.4 is 0 Å². The summed E-state index contributed by atoms with van der Waals surface area (Å²) in [5, 5.41) is 0. The molecule has 2 unspecified atom stereocenters. The van der Waals surface area contributed by atoms with E-state index in [2.05, 4.69) is 0 Å². The minimum atomic E-state index is -1.26. The monoisotopic (exact) mass is 278 g/mol. The molecule has 0 bridgehead atoms. The summed E-state index contributed by atoms with van der Waals surface area (Å²) < 4.78 is 10.1. The van der Waals surface area contributed by atoms with Gasteiger partial charge in [-0.1, -0.05) is 36.8 Å². The second-order valence-electron chi connectivity index (χ2n) is 5.14. The predicted octanol–water partition coefficient (Wildman–Crippen LogP) is 3.19. The smallest absolute Gasteiger partial charge is 0.323 e. The van der Waals surface area contributed by atoms with E-state index in [-0.39, 0.29) is 0 Å². The van der Waals surface area contributed by atoms with Crippen molar-refractivity contribution in [3.05, 3.63) is 35.4 Å². The van der Waals surface area contributed by atoms with E-state index in [1.807, 2.05) is 31.2 Å². The largest absolute Gasteiger partial charge is 0.468 e. The number of hydrogen-bond acceptors (Lipinski definition) is 4. The maximum Gasteiger partial charge on any atom is 0.323 e. The van der Waals surface area contributed by atoms with Crippen molar-refractivity contribution in [3.63, 3.8) is 0 Å². The molecule has 4 heteroatoms. The molecule has 2 atom stereocenters. The van der Waals surface area contributed by atoms with Gasteiger partial charge in [0.2, 0.25) is 0 Å². The standard InChI is InChI=1S/C16H22O4/c1-6-16(4,14(17)19-5)15(18)20-12(3)13-9-7-11(2)8-10-13/h7-10,12H,6H2,1-5H3. The Labute approximate surface area is 120 Å². The molecule has 0 N–H and O–H groups in total. The maximum absolute atomic E-state index is 12.2. The number of ether oxygens (including phenoxy) is 2. The molecule has 0 aromatic heterocycles. The van der Waals surface area contributed by atoms with Gasteiger partial charge in [0.15, 0.2) is 5.41 Å². The van der Waals surface area contributed by atoms with Gasteiger partial charge in [-0.25, -0.2) is 0 Å². The Morgan fingerprint density at radius 3 is 2.20 bits per heavy atom. The fourth-order valence-electron chi connectivity index (χ4n) is 1.79. The number of hydrogen-bond donors (Lipinski definition) is 0. The zero-order chi connectivity index (χ0) is 15.3. The van der Waals surface area contributed by atoms with Gasteiger partial charge in [0.1, 0.15) is 6.10 Å². The van der Waals surface area contributed by atoms with Gasteiger partial charge in [-0.05, 0) is 32.8 Å². The normalized spacial score (nSPS) is 15.1. The second-order valence-corrected chi connectivity index (χ2v) is 5.14. The molecule has 0 heterocycles. The zero-order valence-electron chi connectivity index (χ0n) is 12.7. The molecule has 0 aliphatic carbocycles. The first kappa shape index (κ1) is 16.2. The van der Waals surface area contributed by atoms with Crippen LogP contribution in [0, 0.1) is 12.3 Å². The molecule has 0 aliphatic rings. The van der Waals surface area contributed by atoms with Crippen LogP contribution >= 0.6 is 0 Å². The Kier molecular flexibility index (Phi) is 5.31. The fourth-order valence-corrected chi connectivity index (χ4v) is 1.79. The summed E-state index contributed by atoms with van der Waals surface area (Å²) in [6.45, 7) is 7.08. The summed E-state index contributed by atoms with van der Waals surface area (Å²) in [6, 6.07) is 7.74. The van der Waals surface area contributed by atoms with Crippen LogP contribution in [0.5, 0.6) is 0 Å². The third-order valence-electron chi connectivity index (χ3n) is 3.62. The Morgan fingerprint density at radius 2 is 1.75 bits per heavy atom. The highest BCUT2D eigenvalue weighted by molar-refractivity contribution is 5.99. The second kappa shape index (κ2) is 6.55. The fraction of sp³-hybridized carbons (Fsp3) is 0.500. The minimum absolute atomic E-state index is 0.332. The molecular formula is C16H22O4. The first-order valence-corrected chi connectivity index (χ1v) is 6.71. The third kappa shape index (κ3) is 3.38. The van der Waals surface area contributed by atoms with Crippen LogP contribution in [0.15, 0.2) is 24.3 Å². The number of methoxy groups -OCH3 is 1. The van der Waals surface area contributed by atoms with Crippen molar-refractivity contribution < 1.29 is 19.1 Å². The van der Waals surface area contributed by atoms with Crippen molar-refractivity contribution in [1.82, 2.24) is 0 Å². The van der Waals surface area contributed by atoms with Gasteiger partial charge in [-0.3, -0.25) is 9.59 Å². The molecule has 1 rings (SSSR count). The number of carbonyl (C=O) groups excluding carboxylic acids is 2. The molecule has 1 aromatic carbocycles. The van der Waals surface area contributed by atoms with Gasteiger partial charge in [0, 0.05) is 0 Å². The van der Waals surface area contributed by atoms with Crippen LogP contribution in [0.2, 0.25) is 0 Å². The highest BCUT2D eigenvalue weighted by atomic mass is 16.6. The molecule has 0 fully saturated rings. The molecule has 20 heavy (non-hydrogen) atoms. The minimum Gasteiger partial charge on any atom is -0.468 e. The lowest BCUT2D eigenvalue weighted by atomic mass is 9.87. The van der Waals surface area contributed by atoms with Crippen molar-refractivity contribution in [3.8, 4) is 0 Å². The van der Waals surface area contributed by atoms with Crippen LogP contribution in [0.4, 0.5) is 0 Å². The highest BCUT2D eigenvalue weighted by Gasteiger charge is 2.43. The lowest BCUT2D eigenvalue weighted by Gasteiger charge is -2.25. The van der Waals surface area contributed by atoms with Crippen molar-refractivity contribution in [2.45, 2.75) is 40.2 Å².